The van der Waals surface area contributed by atoms with E-state index in [1.807, 2.05) is 0 Å². The number of ether oxygens (including phenoxy) is 1. The van der Waals surface area contributed by atoms with E-state index in [-0.39, 0.29) is 0 Å². The maximum absolute atomic E-state index is 11.1. The van der Waals surface area contributed by atoms with Crippen LogP contribution in [0.3, 0.4) is 0 Å². The fourth-order valence-corrected chi connectivity index (χ4v) is 1.61. The van der Waals surface area contributed by atoms with Gasteiger partial charge in [0.2, 0.25) is 0 Å². The number of nitrogens with two attached hydrogens (primary N) is 1. The Balaban J connectivity index is 3.60. The second kappa shape index (κ2) is 6.79. The molecule has 6 heteroatoms. The lowest BCUT2D eigenvalue weighted by Gasteiger charge is -2.19. The molecule has 0 aromatic carbocycles. The molecule has 0 radical (unpaired) electrons. The van der Waals surface area contributed by atoms with Crippen molar-refractivity contribution in [1.29, 1.82) is 0 Å². The van der Waals surface area contributed by atoms with Gasteiger partial charge in [-0.15, -0.1) is 0 Å². The van der Waals surface area contributed by atoms with E-state index in [4.69, 9.17) is 10.5 Å². The van der Waals surface area contributed by atoms with Crippen molar-refractivity contribution in [3.63, 3.8) is 0 Å². The minimum atomic E-state index is -0.955. The highest BCUT2D eigenvalue weighted by Crippen LogP contribution is 2.05. The Morgan fingerprint density at radius 2 is 2.00 bits per heavy atom. The molecule has 1 amide bonds. The van der Waals surface area contributed by atoms with Crippen LogP contribution < -0.4 is 11.1 Å². The van der Waals surface area contributed by atoms with E-state index in [0.29, 0.717) is 24.6 Å². The first kappa shape index (κ1) is 14.4. The minimum Gasteiger partial charge on any atom is -0.444 e. The standard InChI is InChI=1S/C9H20N2O3S/c1-9(2,3)14-8(12)11-5-7-15(13)6-4-10/h4-7,10H2,1-3H3,(H,11,12). The third-order valence-electron chi connectivity index (χ3n) is 1.34. The van der Waals surface area contributed by atoms with Crippen molar-refractivity contribution >= 4 is 16.9 Å². The summed E-state index contributed by atoms with van der Waals surface area (Å²) >= 11 is 0. The Kier molecular flexibility index (Phi) is 6.51. The average Bonchev–Trinajstić information content (AvgIpc) is 2.00. The zero-order valence-electron chi connectivity index (χ0n) is 9.54. The summed E-state index contributed by atoms with van der Waals surface area (Å²) < 4.78 is 16.2. The Labute approximate surface area is 93.2 Å². The first-order valence-corrected chi connectivity index (χ1v) is 6.36. The van der Waals surface area contributed by atoms with Gasteiger partial charge >= 0.3 is 6.09 Å². The summed E-state index contributed by atoms with van der Waals surface area (Å²) in [5, 5.41) is 2.53. The molecule has 0 fully saturated rings. The predicted molar refractivity (Wildman–Crippen MR) is 61.2 cm³/mol. The fourth-order valence-electron chi connectivity index (χ4n) is 0.815. The molecular weight excluding hydrogens is 216 g/mol. The Morgan fingerprint density at radius 1 is 1.40 bits per heavy atom. The van der Waals surface area contributed by atoms with Gasteiger partial charge in [0, 0.05) is 35.4 Å². The molecule has 0 aromatic heterocycles. The van der Waals surface area contributed by atoms with Gasteiger partial charge in [0.05, 0.1) is 0 Å². The van der Waals surface area contributed by atoms with Crippen LogP contribution in [0.4, 0.5) is 4.79 Å². The first-order valence-electron chi connectivity index (χ1n) is 4.87. The summed E-state index contributed by atoms with van der Waals surface area (Å²) in [6.07, 6.45) is -0.479. The molecule has 1 atom stereocenters. The molecule has 0 bridgehead atoms. The molecule has 0 saturated heterocycles. The molecule has 3 N–H and O–H groups in total. The number of rotatable bonds is 5. The van der Waals surface area contributed by atoms with Crippen LogP contribution in [0, 0.1) is 0 Å². The van der Waals surface area contributed by atoms with Gasteiger partial charge in [0.1, 0.15) is 5.60 Å². The van der Waals surface area contributed by atoms with Crippen LogP contribution in [0.25, 0.3) is 0 Å². The van der Waals surface area contributed by atoms with E-state index >= 15 is 0 Å². The summed E-state index contributed by atoms with van der Waals surface area (Å²) in [5.74, 6) is 0.881. The van der Waals surface area contributed by atoms with E-state index < -0.39 is 22.5 Å². The second-order valence-corrected chi connectivity index (χ2v) is 5.76. The van der Waals surface area contributed by atoms with Crippen LogP contribution in [-0.2, 0) is 15.5 Å². The van der Waals surface area contributed by atoms with E-state index in [2.05, 4.69) is 5.32 Å². The molecule has 15 heavy (non-hydrogen) atoms. The molecule has 0 aliphatic carbocycles. The SMILES string of the molecule is CC(C)(C)OC(=O)NCCS(=O)CCN. The summed E-state index contributed by atoms with van der Waals surface area (Å²) in [5.41, 5.74) is 4.74. The van der Waals surface area contributed by atoms with Gasteiger partial charge in [-0.25, -0.2) is 4.79 Å². The summed E-state index contributed by atoms with van der Waals surface area (Å²) in [6.45, 7) is 6.12. The number of hydrogen-bond donors (Lipinski definition) is 2. The Bertz CT molecular complexity index is 226. The van der Waals surface area contributed by atoms with Crippen molar-refractivity contribution in [2.75, 3.05) is 24.6 Å². The van der Waals surface area contributed by atoms with Crippen molar-refractivity contribution in [2.24, 2.45) is 5.73 Å². The highest BCUT2D eigenvalue weighted by atomic mass is 32.2. The number of hydrogen-bond acceptors (Lipinski definition) is 4. The highest BCUT2D eigenvalue weighted by Gasteiger charge is 2.15. The molecule has 0 saturated carbocycles. The Hall–Kier alpha value is -0.620. The third-order valence-corrected chi connectivity index (χ3v) is 2.69. The molecule has 1 unspecified atom stereocenters. The van der Waals surface area contributed by atoms with Crippen LogP contribution in [0.5, 0.6) is 0 Å². The normalized spacial score (nSPS) is 13.3. The van der Waals surface area contributed by atoms with E-state index in [1.165, 1.54) is 0 Å². The highest BCUT2D eigenvalue weighted by molar-refractivity contribution is 7.85. The van der Waals surface area contributed by atoms with Gasteiger partial charge in [0.25, 0.3) is 0 Å². The monoisotopic (exact) mass is 236 g/mol. The van der Waals surface area contributed by atoms with Gasteiger partial charge in [-0.1, -0.05) is 0 Å². The average molecular weight is 236 g/mol. The lowest BCUT2D eigenvalue weighted by atomic mass is 10.2. The summed E-state index contributed by atoms with van der Waals surface area (Å²) in [6, 6.07) is 0. The van der Waals surface area contributed by atoms with Gasteiger partial charge in [0.15, 0.2) is 0 Å². The number of carbonyl (C=O) groups excluding carboxylic acids is 1. The summed E-state index contributed by atoms with van der Waals surface area (Å²) in [7, 11) is -0.955. The Morgan fingerprint density at radius 3 is 2.47 bits per heavy atom. The van der Waals surface area contributed by atoms with Crippen molar-refractivity contribution < 1.29 is 13.7 Å². The number of carbonyl (C=O) groups is 1. The largest absolute Gasteiger partial charge is 0.444 e. The van der Waals surface area contributed by atoms with Gasteiger partial charge < -0.3 is 15.8 Å². The lowest BCUT2D eigenvalue weighted by molar-refractivity contribution is 0.0531. The van der Waals surface area contributed by atoms with Crippen LogP contribution >= 0.6 is 0 Å². The quantitative estimate of drug-likeness (QED) is 0.715. The van der Waals surface area contributed by atoms with Crippen molar-refractivity contribution in [3.05, 3.63) is 0 Å². The summed E-state index contributed by atoms with van der Waals surface area (Å²) in [4.78, 5) is 11.1. The second-order valence-electron chi connectivity index (χ2n) is 4.07. The molecule has 0 aliphatic heterocycles. The topological polar surface area (TPSA) is 81.4 Å². The fraction of sp³-hybridized carbons (Fsp3) is 0.889. The zero-order valence-corrected chi connectivity index (χ0v) is 10.4. The first-order chi connectivity index (χ1) is 6.85. The zero-order chi connectivity index (χ0) is 11.9. The van der Waals surface area contributed by atoms with Crippen molar-refractivity contribution in [2.45, 2.75) is 26.4 Å². The molecular formula is C9H20N2O3S. The molecule has 0 heterocycles. The minimum absolute atomic E-state index is 0.349. The maximum atomic E-state index is 11.1. The molecule has 5 nitrogen and oxygen atoms in total. The predicted octanol–water partition coefficient (Wildman–Crippen LogP) is 0.219. The molecule has 0 rings (SSSR count). The van der Waals surface area contributed by atoms with Gasteiger partial charge in [-0.3, -0.25) is 4.21 Å². The van der Waals surface area contributed by atoms with E-state index in [0.717, 1.165) is 0 Å². The van der Waals surface area contributed by atoms with E-state index in [9.17, 15) is 9.00 Å². The smallest absolute Gasteiger partial charge is 0.407 e. The lowest BCUT2D eigenvalue weighted by Crippen LogP contribution is -2.34. The van der Waals surface area contributed by atoms with E-state index in [1.54, 1.807) is 20.8 Å². The maximum Gasteiger partial charge on any atom is 0.407 e. The van der Waals surface area contributed by atoms with Gasteiger partial charge in [-0.2, -0.15) is 0 Å². The third kappa shape index (κ3) is 9.68. The van der Waals surface area contributed by atoms with Crippen LogP contribution in [0.2, 0.25) is 0 Å². The number of alkyl carbamates (subject to hydrolysis) is 1. The van der Waals surface area contributed by atoms with Crippen LogP contribution in [-0.4, -0.2) is 40.5 Å². The van der Waals surface area contributed by atoms with Crippen molar-refractivity contribution in [1.82, 2.24) is 5.32 Å². The molecule has 0 aromatic rings. The molecule has 0 spiro atoms. The number of amides is 1. The van der Waals surface area contributed by atoms with Crippen LogP contribution in [0.1, 0.15) is 20.8 Å². The number of nitrogens with one attached hydrogen (secondary N) is 1. The van der Waals surface area contributed by atoms with Crippen molar-refractivity contribution in [3.8, 4) is 0 Å². The van der Waals surface area contributed by atoms with Crippen LogP contribution in [0.15, 0.2) is 0 Å². The van der Waals surface area contributed by atoms with Gasteiger partial charge in [-0.05, 0) is 20.8 Å². The molecule has 90 valence electrons. The molecule has 0 aliphatic rings.